The van der Waals surface area contributed by atoms with Gasteiger partial charge in [0.2, 0.25) is 0 Å². The number of cyclic esters (lactones) is 1. The van der Waals surface area contributed by atoms with Crippen molar-refractivity contribution in [3.05, 3.63) is 132 Å². The molecule has 7 nitrogen and oxygen atoms in total. The van der Waals surface area contributed by atoms with Crippen LogP contribution in [0.2, 0.25) is 36.3 Å². The number of benzene rings is 3. The van der Waals surface area contributed by atoms with Crippen LogP contribution in [0.1, 0.15) is 98.3 Å². The molecule has 2 heterocycles. The van der Waals surface area contributed by atoms with Gasteiger partial charge in [-0.2, -0.15) is 0 Å². The maximum Gasteiger partial charge on any atom is 0.331 e. The number of carbonyl (C=O) groups is 1. The molecule has 0 spiro atoms. The van der Waals surface area contributed by atoms with Crippen molar-refractivity contribution in [2.45, 2.75) is 153 Å². The largest absolute Gasteiger partial charge is 0.454 e. The minimum atomic E-state index is -2.26. The van der Waals surface area contributed by atoms with Gasteiger partial charge in [0.25, 0.3) is 0 Å². The highest BCUT2D eigenvalue weighted by atomic mass is 28.4. The number of rotatable bonds is 17. The second-order valence-electron chi connectivity index (χ2n) is 19.9. The minimum Gasteiger partial charge on any atom is -0.454 e. The molecule has 0 amide bonds. The molecule has 5 rings (SSSR count). The molecule has 59 heavy (non-hydrogen) atoms. The summed E-state index contributed by atoms with van der Waals surface area (Å²) in [7, 11) is -4.39. The van der Waals surface area contributed by atoms with Crippen molar-refractivity contribution < 1.29 is 32.6 Å². The van der Waals surface area contributed by atoms with E-state index in [0.29, 0.717) is 26.1 Å². The van der Waals surface area contributed by atoms with Crippen molar-refractivity contribution in [3.8, 4) is 0 Å². The molecule has 9 heteroatoms. The van der Waals surface area contributed by atoms with Crippen molar-refractivity contribution in [2.75, 3.05) is 13.2 Å². The molecule has 0 bridgehead atoms. The van der Waals surface area contributed by atoms with Gasteiger partial charge in [-0.25, -0.2) is 4.79 Å². The Kier molecular flexibility index (Phi) is 14.7. The molecule has 2 aliphatic heterocycles. The van der Waals surface area contributed by atoms with Crippen molar-refractivity contribution in [2.24, 2.45) is 5.92 Å². The van der Waals surface area contributed by atoms with E-state index >= 15 is 0 Å². The first-order valence-electron chi connectivity index (χ1n) is 21.6. The van der Waals surface area contributed by atoms with E-state index in [4.69, 9.17) is 27.8 Å². The topological polar surface area (TPSA) is 72.5 Å². The Morgan fingerprint density at radius 2 is 1.29 bits per heavy atom. The number of hydrogen-bond acceptors (Lipinski definition) is 7. The molecule has 0 saturated carbocycles. The molecule has 0 aromatic heterocycles. The fraction of sp³-hybridized carbons (Fsp3) is 0.540. The summed E-state index contributed by atoms with van der Waals surface area (Å²) in [6.07, 6.45) is 8.28. The van der Waals surface area contributed by atoms with Crippen LogP contribution >= 0.6 is 0 Å². The summed E-state index contributed by atoms with van der Waals surface area (Å²) >= 11 is 0. The first-order valence-corrected chi connectivity index (χ1v) is 27.4. The third kappa shape index (κ3) is 11.0. The van der Waals surface area contributed by atoms with Crippen LogP contribution in [0, 0.1) is 5.92 Å². The Morgan fingerprint density at radius 1 is 0.780 bits per heavy atom. The van der Waals surface area contributed by atoms with Gasteiger partial charge < -0.3 is 27.8 Å². The predicted octanol–water partition coefficient (Wildman–Crippen LogP) is 12.1. The summed E-state index contributed by atoms with van der Waals surface area (Å²) in [6, 6.07) is 31.3. The monoisotopic (exact) mass is 840 g/mol. The fourth-order valence-electron chi connectivity index (χ4n) is 7.69. The van der Waals surface area contributed by atoms with Gasteiger partial charge in [0.1, 0.15) is 17.3 Å². The molecular formula is C50H72O7Si2. The first-order chi connectivity index (χ1) is 27.5. The lowest BCUT2D eigenvalue weighted by atomic mass is 9.80. The third-order valence-corrected chi connectivity index (χ3v) is 22.2. The van der Waals surface area contributed by atoms with Crippen LogP contribution < -0.4 is 0 Å². The molecule has 0 unspecified atom stereocenters. The molecule has 3 aromatic rings. The number of esters is 1. The van der Waals surface area contributed by atoms with Crippen molar-refractivity contribution >= 4 is 22.6 Å². The maximum atomic E-state index is 12.6. The molecule has 1 saturated heterocycles. The van der Waals surface area contributed by atoms with E-state index in [1.807, 2.05) is 44.2 Å². The zero-order chi connectivity index (χ0) is 43.3. The SMILES string of the molecule is CC[C@H]1C=CC(=O)O[C@H]1/C=C/[C@@]1(CCOC(c2ccccc2)(c2ccccc2)c2ccccc2)OC(C)(C)O[C@@H]1C[C@H](CO[Si](C)(C)C(C)(C)C)O[Si](C)(C)C(C)(C)C. The lowest BCUT2D eigenvalue weighted by Gasteiger charge is -2.43. The van der Waals surface area contributed by atoms with Crippen molar-refractivity contribution in [1.82, 2.24) is 0 Å². The van der Waals surface area contributed by atoms with E-state index < -0.39 is 45.8 Å². The summed E-state index contributed by atoms with van der Waals surface area (Å²) in [5, 5.41) is 0.0281. The van der Waals surface area contributed by atoms with Crippen LogP contribution in [-0.2, 0) is 38.2 Å². The van der Waals surface area contributed by atoms with Crippen LogP contribution in [0.25, 0.3) is 0 Å². The summed E-state index contributed by atoms with van der Waals surface area (Å²) in [5.41, 5.74) is 1.19. The van der Waals surface area contributed by atoms with Crippen LogP contribution in [0.4, 0.5) is 0 Å². The lowest BCUT2D eigenvalue weighted by Crippen LogP contribution is -2.50. The van der Waals surface area contributed by atoms with Gasteiger partial charge in [0.05, 0.1) is 25.4 Å². The van der Waals surface area contributed by atoms with Crippen LogP contribution in [0.5, 0.6) is 0 Å². The van der Waals surface area contributed by atoms with Crippen LogP contribution in [0.15, 0.2) is 115 Å². The van der Waals surface area contributed by atoms with Gasteiger partial charge >= 0.3 is 5.97 Å². The predicted molar refractivity (Wildman–Crippen MR) is 244 cm³/mol. The Labute approximate surface area is 358 Å². The highest BCUT2D eigenvalue weighted by molar-refractivity contribution is 6.74. The van der Waals surface area contributed by atoms with Crippen molar-refractivity contribution in [3.63, 3.8) is 0 Å². The van der Waals surface area contributed by atoms with Gasteiger partial charge in [0, 0.05) is 24.8 Å². The average Bonchev–Trinajstić information content (AvgIpc) is 3.43. The van der Waals surface area contributed by atoms with Crippen LogP contribution in [-0.4, -0.2) is 65.5 Å². The highest BCUT2D eigenvalue weighted by Crippen LogP contribution is 2.47. The summed E-state index contributed by atoms with van der Waals surface area (Å²) in [4.78, 5) is 12.6. The van der Waals surface area contributed by atoms with E-state index in [1.54, 1.807) is 0 Å². The van der Waals surface area contributed by atoms with E-state index in [0.717, 1.165) is 23.1 Å². The molecule has 322 valence electrons. The Balaban J connectivity index is 1.60. The highest BCUT2D eigenvalue weighted by Gasteiger charge is 2.54. The third-order valence-electron chi connectivity index (χ3n) is 13.1. The zero-order valence-corrected chi connectivity index (χ0v) is 40.2. The Bertz CT molecular complexity index is 1760. The fourth-order valence-corrected chi connectivity index (χ4v) is 10.1. The van der Waals surface area contributed by atoms with Crippen molar-refractivity contribution in [1.29, 1.82) is 0 Å². The maximum absolute atomic E-state index is 12.6. The molecular weight excluding hydrogens is 769 g/mol. The van der Waals surface area contributed by atoms with E-state index in [9.17, 15) is 4.79 Å². The number of ether oxygens (including phenoxy) is 4. The van der Waals surface area contributed by atoms with Gasteiger partial charge in [0.15, 0.2) is 22.4 Å². The lowest BCUT2D eigenvalue weighted by molar-refractivity contribution is -0.160. The van der Waals surface area contributed by atoms with Gasteiger partial charge in [-0.15, -0.1) is 0 Å². The smallest absolute Gasteiger partial charge is 0.331 e. The quantitative estimate of drug-likeness (QED) is 0.0580. The van der Waals surface area contributed by atoms with Crippen LogP contribution in [0.3, 0.4) is 0 Å². The number of hydrogen-bond donors (Lipinski definition) is 0. The van der Waals surface area contributed by atoms with E-state index in [1.165, 1.54) is 6.08 Å². The van der Waals surface area contributed by atoms with E-state index in [2.05, 4.69) is 154 Å². The minimum absolute atomic E-state index is 0.0114. The Hall–Kier alpha value is -3.16. The first kappa shape index (κ1) is 46.9. The second-order valence-corrected chi connectivity index (χ2v) is 29.5. The van der Waals surface area contributed by atoms with Gasteiger partial charge in [-0.1, -0.05) is 152 Å². The average molecular weight is 841 g/mol. The second kappa shape index (κ2) is 18.4. The Morgan fingerprint density at radius 3 is 1.76 bits per heavy atom. The summed E-state index contributed by atoms with van der Waals surface area (Å²) in [5.74, 6) is -1.23. The molecule has 0 N–H and O–H groups in total. The summed E-state index contributed by atoms with van der Waals surface area (Å²) < 4.78 is 41.7. The molecule has 1 fully saturated rings. The molecule has 3 aromatic carbocycles. The molecule has 2 aliphatic rings. The molecule has 0 radical (unpaired) electrons. The van der Waals surface area contributed by atoms with Gasteiger partial charge in [-0.05, 0) is 79.3 Å². The number of carbonyl (C=O) groups excluding carboxylic acids is 1. The zero-order valence-electron chi connectivity index (χ0n) is 38.2. The molecule has 0 aliphatic carbocycles. The summed E-state index contributed by atoms with van der Waals surface area (Å²) in [6.45, 7) is 29.7. The van der Waals surface area contributed by atoms with Gasteiger partial charge in [-0.3, -0.25) is 0 Å². The normalized spacial score (nSPS) is 23.4. The molecule has 5 atom stereocenters. The van der Waals surface area contributed by atoms with E-state index in [-0.39, 0.29) is 28.1 Å². The standard InChI is InChI=1S/C50H72O7Si2/c1-14-38-30-31-45(51)54-43(38)32-33-49(34-35-52-50(39-24-18-15-19-25-39,40-26-20-16-21-27-40)41-28-22-17-23-29-41)44(55-48(8,9)57-49)36-42(56-59(12,13)47(5,6)7)37-53-58(10,11)46(2,3)4/h15-33,38,42-44H,14,34-37H2,1-13H3/b33-32+/t38-,42+,43-,44+,49-/m0/s1.